The molecule has 0 saturated heterocycles. The van der Waals surface area contributed by atoms with Gasteiger partial charge in [0.05, 0.1) is 30.9 Å². The van der Waals surface area contributed by atoms with E-state index < -0.39 is 0 Å². The zero-order chi connectivity index (χ0) is 14.7. The molecule has 1 aromatic carbocycles. The molecule has 0 bridgehead atoms. The van der Waals surface area contributed by atoms with Crippen LogP contribution >= 0.6 is 0 Å². The maximum atomic E-state index is 12.3. The summed E-state index contributed by atoms with van der Waals surface area (Å²) in [5, 5.41) is 0. The Morgan fingerprint density at radius 3 is 2.40 bits per heavy atom. The number of carbonyl (C=O) groups excluding carboxylic acids is 2. The molecule has 0 spiro atoms. The topological polar surface area (TPSA) is 56.5 Å². The van der Waals surface area contributed by atoms with Gasteiger partial charge >= 0.3 is 0 Å². The summed E-state index contributed by atoms with van der Waals surface area (Å²) < 4.78 is 10.2. The minimum Gasteiger partial charge on any atom is -0.496 e. The molecule has 0 aliphatic heterocycles. The number of carbonyl (C=O) groups is 2. The van der Waals surface area contributed by atoms with Crippen molar-refractivity contribution in [2.24, 2.45) is 0 Å². The van der Waals surface area contributed by atoms with Gasteiger partial charge in [-0.05, 0) is 32.0 Å². The third-order valence-electron chi connectivity index (χ3n) is 3.14. The smallest absolute Gasteiger partial charge is 0.174 e. The lowest BCUT2D eigenvalue weighted by Crippen LogP contribution is -2.10. The molecule has 0 unspecified atom stereocenters. The lowest BCUT2D eigenvalue weighted by Gasteiger charge is -2.08. The van der Waals surface area contributed by atoms with Gasteiger partial charge in [-0.1, -0.05) is 11.6 Å². The lowest BCUT2D eigenvalue weighted by molar-refractivity contribution is 0.0892. The summed E-state index contributed by atoms with van der Waals surface area (Å²) in [5.74, 6) is 0.511. The van der Waals surface area contributed by atoms with Crippen LogP contribution in [0.3, 0.4) is 0 Å². The van der Waals surface area contributed by atoms with Crippen molar-refractivity contribution >= 4 is 11.6 Å². The fourth-order valence-corrected chi connectivity index (χ4v) is 2.05. The average molecular weight is 272 g/mol. The summed E-state index contributed by atoms with van der Waals surface area (Å²) in [6, 6.07) is 6.91. The van der Waals surface area contributed by atoms with Gasteiger partial charge in [0.15, 0.2) is 11.6 Å². The van der Waals surface area contributed by atoms with E-state index in [0.717, 1.165) is 5.56 Å². The van der Waals surface area contributed by atoms with E-state index in [1.54, 1.807) is 25.1 Å². The molecule has 0 aliphatic rings. The summed E-state index contributed by atoms with van der Waals surface area (Å²) >= 11 is 0. The molecule has 2 rings (SSSR count). The number of benzene rings is 1. The lowest BCUT2D eigenvalue weighted by atomic mass is 10.00. The summed E-state index contributed by atoms with van der Waals surface area (Å²) in [5.41, 5.74) is 1.83. The first kappa shape index (κ1) is 14.1. The van der Waals surface area contributed by atoms with Gasteiger partial charge in [-0.2, -0.15) is 0 Å². The highest BCUT2D eigenvalue weighted by Gasteiger charge is 2.19. The summed E-state index contributed by atoms with van der Waals surface area (Å²) in [6.07, 6.45) is 1.25. The largest absolute Gasteiger partial charge is 0.496 e. The minimum atomic E-state index is -0.254. The van der Waals surface area contributed by atoms with Crippen molar-refractivity contribution < 1.29 is 18.7 Å². The van der Waals surface area contributed by atoms with E-state index in [0.29, 0.717) is 22.6 Å². The molecule has 4 nitrogen and oxygen atoms in total. The molecule has 2 aromatic rings. The Hall–Kier alpha value is -2.36. The molecular formula is C16H16O4. The predicted molar refractivity (Wildman–Crippen MR) is 74.5 cm³/mol. The number of Topliss-reactive ketones (excluding diaryl/α,β-unsaturated/α-hetero) is 2. The van der Waals surface area contributed by atoms with Gasteiger partial charge in [0.1, 0.15) is 11.5 Å². The van der Waals surface area contributed by atoms with E-state index in [1.165, 1.54) is 13.4 Å². The molecule has 1 heterocycles. The maximum absolute atomic E-state index is 12.3. The van der Waals surface area contributed by atoms with Crippen LogP contribution in [-0.4, -0.2) is 18.7 Å². The number of methoxy groups -OCH3 is 1. The average Bonchev–Trinajstić information content (AvgIpc) is 2.85. The van der Waals surface area contributed by atoms with Crippen molar-refractivity contribution in [1.82, 2.24) is 0 Å². The van der Waals surface area contributed by atoms with Crippen LogP contribution in [0.25, 0.3) is 0 Å². The number of furan rings is 1. The van der Waals surface area contributed by atoms with Crippen LogP contribution in [0.15, 0.2) is 34.9 Å². The third kappa shape index (κ3) is 2.79. The molecule has 1 aromatic heterocycles. The number of ether oxygens (including phenoxy) is 1. The Labute approximate surface area is 117 Å². The Kier molecular flexibility index (Phi) is 4.03. The Morgan fingerprint density at radius 1 is 1.10 bits per heavy atom. The molecule has 0 N–H and O–H groups in total. The number of hydrogen-bond donors (Lipinski definition) is 0. The standard InChI is InChI=1S/C16H16O4/c1-10-4-5-16(19-3)13(8-10)15(18)9-14(17)12-6-7-20-11(12)2/h4-8H,9H2,1-3H3. The molecule has 0 radical (unpaired) electrons. The quantitative estimate of drug-likeness (QED) is 0.618. The van der Waals surface area contributed by atoms with Crippen LogP contribution in [0.1, 0.15) is 38.5 Å². The normalized spacial score (nSPS) is 10.3. The highest BCUT2D eigenvalue weighted by atomic mass is 16.5. The van der Waals surface area contributed by atoms with Gasteiger partial charge in [0.2, 0.25) is 0 Å². The van der Waals surface area contributed by atoms with E-state index in [9.17, 15) is 9.59 Å². The second-order valence-corrected chi connectivity index (χ2v) is 4.62. The second-order valence-electron chi connectivity index (χ2n) is 4.62. The van der Waals surface area contributed by atoms with Crippen molar-refractivity contribution in [3.63, 3.8) is 0 Å². The van der Waals surface area contributed by atoms with Crippen molar-refractivity contribution in [1.29, 1.82) is 0 Å². The number of aryl methyl sites for hydroxylation is 2. The molecule has 0 saturated carbocycles. The van der Waals surface area contributed by atoms with Crippen LogP contribution in [0.5, 0.6) is 5.75 Å². The van der Waals surface area contributed by atoms with E-state index in [1.807, 2.05) is 13.0 Å². The van der Waals surface area contributed by atoms with E-state index in [-0.39, 0.29) is 18.0 Å². The van der Waals surface area contributed by atoms with Gasteiger partial charge in [-0.25, -0.2) is 0 Å². The first-order chi connectivity index (χ1) is 9.52. The highest BCUT2D eigenvalue weighted by Crippen LogP contribution is 2.22. The second kappa shape index (κ2) is 5.74. The van der Waals surface area contributed by atoms with Crippen molar-refractivity contribution in [2.45, 2.75) is 20.3 Å². The van der Waals surface area contributed by atoms with Gasteiger partial charge in [-0.3, -0.25) is 9.59 Å². The van der Waals surface area contributed by atoms with Crippen LogP contribution in [0.4, 0.5) is 0 Å². The molecule has 104 valence electrons. The molecule has 0 atom stereocenters. The van der Waals surface area contributed by atoms with Gasteiger partial charge < -0.3 is 9.15 Å². The summed E-state index contributed by atoms with van der Waals surface area (Å²) in [7, 11) is 1.50. The Morgan fingerprint density at radius 2 is 1.80 bits per heavy atom. The van der Waals surface area contributed by atoms with Crippen LogP contribution < -0.4 is 4.74 Å². The Balaban J connectivity index is 2.23. The maximum Gasteiger partial charge on any atom is 0.174 e. The molecule has 20 heavy (non-hydrogen) atoms. The minimum absolute atomic E-state index is 0.194. The number of hydrogen-bond acceptors (Lipinski definition) is 4. The first-order valence-electron chi connectivity index (χ1n) is 6.28. The predicted octanol–water partition coefficient (Wildman–Crippen LogP) is 3.36. The highest BCUT2D eigenvalue weighted by molar-refractivity contribution is 6.14. The van der Waals surface area contributed by atoms with Crippen molar-refractivity contribution in [3.05, 3.63) is 53.0 Å². The van der Waals surface area contributed by atoms with Gasteiger partial charge in [0, 0.05) is 0 Å². The summed E-state index contributed by atoms with van der Waals surface area (Å²) in [4.78, 5) is 24.3. The monoisotopic (exact) mass is 272 g/mol. The van der Waals surface area contributed by atoms with E-state index in [2.05, 4.69) is 0 Å². The van der Waals surface area contributed by atoms with Crippen molar-refractivity contribution in [3.8, 4) is 5.75 Å². The zero-order valence-electron chi connectivity index (χ0n) is 11.7. The van der Waals surface area contributed by atoms with Crippen LogP contribution in [0.2, 0.25) is 0 Å². The van der Waals surface area contributed by atoms with Crippen LogP contribution in [-0.2, 0) is 0 Å². The van der Waals surface area contributed by atoms with Crippen LogP contribution in [0, 0.1) is 13.8 Å². The first-order valence-corrected chi connectivity index (χ1v) is 6.28. The number of ketones is 2. The fraction of sp³-hybridized carbons (Fsp3) is 0.250. The fourth-order valence-electron chi connectivity index (χ4n) is 2.05. The molecule has 0 aliphatic carbocycles. The number of rotatable bonds is 5. The van der Waals surface area contributed by atoms with Crippen molar-refractivity contribution in [2.75, 3.05) is 7.11 Å². The van der Waals surface area contributed by atoms with Gasteiger partial charge in [-0.15, -0.1) is 0 Å². The Bertz CT molecular complexity index is 652. The summed E-state index contributed by atoms with van der Waals surface area (Å²) in [6.45, 7) is 3.59. The van der Waals surface area contributed by atoms with E-state index in [4.69, 9.17) is 9.15 Å². The SMILES string of the molecule is COc1ccc(C)cc1C(=O)CC(=O)c1ccoc1C. The molecule has 0 amide bonds. The molecule has 0 fully saturated rings. The van der Waals surface area contributed by atoms with E-state index >= 15 is 0 Å². The van der Waals surface area contributed by atoms with Gasteiger partial charge in [0.25, 0.3) is 0 Å². The molecular weight excluding hydrogens is 256 g/mol. The zero-order valence-corrected chi connectivity index (χ0v) is 11.7. The molecule has 4 heteroatoms. The third-order valence-corrected chi connectivity index (χ3v) is 3.14.